The Morgan fingerprint density at radius 3 is 2.73 bits per heavy atom. The minimum absolute atomic E-state index is 0.0177. The van der Waals surface area contributed by atoms with Crippen LogP contribution in [0.4, 0.5) is 10.1 Å². The zero-order valence-electron chi connectivity index (χ0n) is 17.6. The molecule has 0 aliphatic carbocycles. The van der Waals surface area contributed by atoms with Gasteiger partial charge in [-0.1, -0.05) is 35.9 Å². The van der Waals surface area contributed by atoms with Crippen LogP contribution in [0.1, 0.15) is 15.9 Å². The minimum Gasteiger partial charge on any atom is -0.495 e. The number of amides is 1. The minimum atomic E-state index is -3.80. The first kappa shape index (κ1) is 24.2. The third kappa shape index (κ3) is 6.53. The van der Waals surface area contributed by atoms with E-state index >= 15 is 0 Å². The Hall–Kier alpha value is -3.43. The van der Waals surface area contributed by atoms with E-state index in [-0.39, 0.29) is 27.8 Å². The Bertz CT molecular complexity index is 1280. The number of carbonyl (C=O) groups excluding carboxylic acids is 1. The van der Waals surface area contributed by atoms with Crippen LogP contribution in [0.2, 0.25) is 5.02 Å². The number of hydrogen-bond donors (Lipinski definition) is 2. The molecule has 3 aromatic rings. The summed E-state index contributed by atoms with van der Waals surface area (Å²) in [6.07, 6.45) is 6.03. The third-order valence-electron chi connectivity index (χ3n) is 4.54. The maximum absolute atomic E-state index is 13.3. The van der Waals surface area contributed by atoms with Crippen molar-refractivity contribution in [3.8, 4) is 5.75 Å². The molecule has 0 aliphatic heterocycles. The van der Waals surface area contributed by atoms with Crippen molar-refractivity contribution in [2.45, 2.75) is 11.4 Å². The van der Waals surface area contributed by atoms with Gasteiger partial charge in [0.2, 0.25) is 0 Å². The summed E-state index contributed by atoms with van der Waals surface area (Å²) < 4.78 is 44.1. The lowest BCUT2D eigenvalue weighted by atomic mass is 10.2. The van der Waals surface area contributed by atoms with Crippen LogP contribution < -0.4 is 15.4 Å². The van der Waals surface area contributed by atoms with Gasteiger partial charge < -0.3 is 15.4 Å². The van der Waals surface area contributed by atoms with E-state index in [1.165, 1.54) is 49.7 Å². The maximum Gasteiger partial charge on any atom is 0.252 e. The average Bonchev–Trinajstić information content (AvgIpc) is 2.82. The highest BCUT2D eigenvalue weighted by Crippen LogP contribution is 2.19. The molecular weight excluding hydrogens is 469 g/mol. The lowest BCUT2D eigenvalue weighted by molar-refractivity contribution is 0.0947. The molecule has 0 saturated carbocycles. The number of sulfone groups is 1. The van der Waals surface area contributed by atoms with E-state index in [9.17, 15) is 17.6 Å². The highest BCUT2D eigenvalue weighted by molar-refractivity contribution is 7.91. The number of anilines is 1. The quantitative estimate of drug-likeness (QED) is 0.467. The largest absolute Gasteiger partial charge is 0.495 e. The van der Waals surface area contributed by atoms with Crippen LogP contribution in [0.15, 0.2) is 78.1 Å². The molecule has 0 bridgehead atoms. The fourth-order valence-corrected chi connectivity index (χ4v) is 4.40. The number of nitrogens with zero attached hydrogens (tertiary/aromatic N) is 1. The van der Waals surface area contributed by atoms with Gasteiger partial charge in [-0.2, -0.15) is 0 Å². The highest BCUT2D eigenvalue weighted by atomic mass is 35.5. The van der Waals surface area contributed by atoms with Crippen molar-refractivity contribution < 1.29 is 22.3 Å². The predicted octanol–water partition coefficient (Wildman–Crippen LogP) is 4.21. The number of aromatic nitrogens is 1. The van der Waals surface area contributed by atoms with Gasteiger partial charge in [-0.15, -0.1) is 0 Å². The lowest BCUT2D eigenvalue weighted by Gasteiger charge is -2.10. The van der Waals surface area contributed by atoms with E-state index in [2.05, 4.69) is 15.6 Å². The maximum atomic E-state index is 13.3. The summed E-state index contributed by atoms with van der Waals surface area (Å²) >= 11 is 5.76. The zero-order chi connectivity index (χ0) is 23.8. The Morgan fingerprint density at radius 1 is 1.18 bits per heavy atom. The van der Waals surface area contributed by atoms with Gasteiger partial charge >= 0.3 is 0 Å². The molecule has 0 spiro atoms. The van der Waals surface area contributed by atoms with Gasteiger partial charge in [0.05, 0.1) is 46.4 Å². The van der Waals surface area contributed by atoms with Crippen molar-refractivity contribution in [3.05, 3.63) is 95.2 Å². The number of carbonyl (C=O) groups is 1. The van der Waals surface area contributed by atoms with E-state index in [0.717, 1.165) is 0 Å². The standard InChI is InChI=1S/C23H21ClFN3O4S/c1-32-18-12-17(14-26-15-18)27-9-4-10-33(30,31)22-6-3-2-5-19(22)23(29)28-13-16-7-8-21(25)20(24)11-16/h2-9,11-12,14-15,27H,10,13H2,1H3,(H,28,29). The topological polar surface area (TPSA) is 97.4 Å². The van der Waals surface area contributed by atoms with Gasteiger partial charge in [0.1, 0.15) is 11.6 Å². The van der Waals surface area contributed by atoms with E-state index in [0.29, 0.717) is 17.0 Å². The summed E-state index contributed by atoms with van der Waals surface area (Å²) in [5, 5.41) is 5.50. The van der Waals surface area contributed by atoms with Crippen LogP contribution in [0.3, 0.4) is 0 Å². The van der Waals surface area contributed by atoms with Crippen molar-refractivity contribution in [1.29, 1.82) is 0 Å². The molecule has 0 aliphatic rings. The van der Waals surface area contributed by atoms with Gasteiger partial charge in [0.15, 0.2) is 9.84 Å². The number of hydrogen-bond acceptors (Lipinski definition) is 6. The van der Waals surface area contributed by atoms with E-state index in [4.69, 9.17) is 16.3 Å². The van der Waals surface area contributed by atoms with Crippen LogP contribution in [-0.4, -0.2) is 32.2 Å². The smallest absolute Gasteiger partial charge is 0.252 e. The summed E-state index contributed by atoms with van der Waals surface area (Å²) in [4.78, 5) is 16.6. The summed E-state index contributed by atoms with van der Waals surface area (Å²) in [7, 11) is -2.28. The molecular formula is C23H21ClFN3O4S. The molecule has 0 atom stereocenters. The molecule has 0 saturated heterocycles. The predicted molar refractivity (Wildman–Crippen MR) is 125 cm³/mol. The van der Waals surface area contributed by atoms with Crippen molar-refractivity contribution in [2.75, 3.05) is 18.2 Å². The molecule has 2 N–H and O–H groups in total. The van der Waals surface area contributed by atoms with Crippen LogP contribution in [0, 0.1) is 5.82 Å². The average molecular weight is 490 g/mol. The molecule has 1 aromatic heterocycles. The molecule has 1 amide bonds. The first-order chi connectivity index (χ1) is 15.8. The molecule has 7 nitrogen and oxygen atoms in total. The SMILES string of the molecule is COc1cncc(NC=CCS(=O)(=O)c2ccccc2C(=O)NCc2ccc(F)c(Cl)c2)c1. The van der Waals surface area contributed by atoms with Crippen LogP contribution in [-0.2, 0) is 16.4 Å². The van der Waals surface area contributed by atoms with E-state index < -0.39 is 21.6 Å². The van der Waals surface area contributed by atoms with Gasteiger partial charge in [-0.3, -0.25) is 9.78 Å². The van der Waals surface area contributed by atoms with Gasteiger partial charge in [-0.25, -0.2) is 12.8 Å². The fourth-order valence-electron chi connectivity index (χ4n) is 2.88. The zero-order valence-corrected chi connectivity index (χ0v) is 19.2. The molecule has 10 heteroatoms. The molecule has 0 radical (unpaired) electrons. The van der Waals surface area contributed by atoms with Crippen molar-refractivity contribution >= 4 is 33.0 Å². The van der Waals surface area contributed by atoms with Gasteiger partial charge in [-0.05, 0) is 36.0 Å². The molecule has 33 heavy (non-hydrogen) atoms. The van der Waals surface area contributed by atoms with Crippen molar-refractivity contribution in [1.82, 2.24) is 10.3 Å². The second kappa shape index (κ2) is 10.9. The third-order valence-corrected chi connectivity index (χ3v) is 6.48. The first-order valence-corrected chi connectivity index (χ1v) is 11.8. The number of methoxy groups -OCH3 is 1. The molecule has 2 aromatic carbocycles. The first-order valence-electron chi connectivity index (χ1n) is 9.74. The molecule has 172 valence electrons. The number of benzene rings is 2. The van der Waals surface area contributed by atoms with Crippen LogP contribution in [0.5, 0.6) is 5.75 Å². The van der Waals surface area contributed by atoms with Crippen molar-refractivity contribution in [2.24, 2.45) is 0 Å². The summed E-state index contributed by atoms with van der Waals surface area (Å²) in [5.74, 6) is -0.897. The Kier molecular flexibility index (Phi) is 8.02. The molecule has 0 unspecified atom stereocenters. The highest BCUT2D eigenvalue weighted by Gasteiger charge is 2.21. The van der Waals surface area contributed by atoms with Gasteiger partial charge in [0.25, 0.3) is 5.91 Å². The molecule has 3 rings (SSSR count). The number of ether oxygens (including phenoxy) is 1. The molecule has 1 heterocycles. The van der Waals surface area contributed by atoms with Gasteiger partial charge in [0, 0.05) is 12.6 Å². The van der Waals surface area contributed by atoms with Crippen molar-refractivity contribution in [3.63, 3.8) is 0 Å². The number of rotatable bonds is 9. The second-order valence-corrected chi connectivity index (χ2v) is 9.28. The Morgan fingerprint density at radius 2 is 1.97 bits per heavy atom. The summed E-state index contributed by atoms with van der Waals surface area (Å²) in [6, 6.07) is 11.7. The van der Waals surface area contributed by atoms with Crippen LogP contribution >= 0.6 is 11.6 Å². The second-order valence-electron chi connectivity index (χ2n) is 6.87. The lowest BCUT2D eigenvalue weighted by Crippen LogP contribution is -2.25. The number of nitrogens with one attached hydrogen (secondary N) is 2. The number of pyridine rings is 1. The summed E-state index contributed by atoms with van der Waals surface area (Å²) in [6.45, 7) is 0.0611. The Balaban J connectivity index is 1.68. The monoisotopic (exact) mass is 489 g/mol. The summed E-state index contributed by atoms with van der Waals surface area (Å²) in [5.41, 5.74) is 1.23. The number of halogens is 2. The normalized spacial score (nSPS) is 11.4. The van der Waals surface area contributed by atoms with E-state index in [1.54, 1.807) is 30.6 Å². The fraction of sp³-hybridized carbons (Fsp3) is 0.130. The molecule has 0 fully saturated rings. The Labute approximate surface area is 196 Å². The van der Waals surface area contributed by atoms with Crippen LogP contribution in [0.25, 0.3) is 0 Å². The van der Waals surface area contributed by atoms with E-state index in [1.807, 2.05) is 0 Å².